The number of benzene rings is 2. The van der Waals surface area contributed by atoms with Crippen LogP contribution >= 0.6 is 23.2 Å². The number of esters is 1. The van der Waals surface area contributed by atoms with Crippen LogP contribution in [-0.2, 0) is 9.53 Å². The van der Waals surface area contributed by atoms with E-state index in [9.17, 15) is 4.79 Å². The Morgan fingerprint density at radius 3 is 2.57 bits per heavy atom. The van der Waals surface area contributed by atoms with Crippen molar-refractivity contribution in [3.05, 3.63) is 87.6 Å². The molecule has 0 saturated heterocycles. The average Bonchev–Trinajstić information content (AvgIpc) is 2.89. The van der Waals surface area contributed by atoms with E-state index < -0.39 is 5.97 Å². The second kappa shape index (κ2) is 6.82. The van der Waals surface area contributed by atoms with Gasteiger partial charge in [0, 0.05) is 5.02 Å². The number of hydrogen-bond donors (Lipinski definition) is 0. The molecule has 0 bridgehead atoms. The third-order valence-corrected chi connectivity index (χ3v) is 3.67. The zero-order valence-electron chi connectivity index (χ0n) is 11.9. The van der Waals surface area contributed by atoms with Crippen LogP contribution in [0.1, 0.15) is 11.1 Å². The summed E-state index contributed by atoms with van der Waals surface area (Å²) in [5.74, 6) is -0.334. The number of rotatable bonds is 3. The summed E-state index contributed by atoms with van der Waals surface area (Å²) in [4.78, 5) is 16.1. The number of carbonyl (C=O) groups is 1. The zero-order chi connectivity index (χ0) is 16.2. The van der Waals surface area contributed by atoms with Crippen molar-refractivity contribution in [2.75, 3.05) is 0 Å². The van der Waals surface area contributed by atoms with Crippen LogP contribution in [0.3, 0.4) is 0 Å². The van der Waals surface area contributed by atoms with Crippen LogP contribution in [0.15, 0.2) is 71.4 Å². The summed E-state index contributed by atoms with van der Waals surface area (Å²) in [6.07, 6.45) is 5.23. The molecule has 0 saturated carbocycles. The number of hydrogen-bond acceptors (Lipinski definition) is 3. The van der Waals surface area contributed by atoms with Crippen molar-refractivity contribution >= 4 is 41.1 Å². The molecule has 0 radical (unpaired) electrons. The summed E-state index contributed by atoms with van der Waals surface area (Å²) < 4.78 is 5.16. The molecule has 2 aromatic carbocycles. The van der Waals surface area contributed by atoms with Gasteiger partial charge >= 0.3 is 5.97 Å². The number of aliphatic imine (C=N–C) groups is 1. The highest BCUT2D eigenvalue weighted by Gasteiger charge is 2.25. The van der Waals surface area contributed by atoms with Gasteiger partial charge in [-0.05, 0) is 29.8 Å². The molecule has 0 amide bonds. The second-order valence-electron chi connectivity index (χ2n) is 4.75. The monoisotopic (exact) mass is 343 g/mol. The van der Waals surface area contributed by atoms with E-state index in [1.807, 2.05) is 36.4 Å². The van der Waals surface area contributed by atoms with E-state index in [1.54, 1.807) is 30.4 Å². The minimum absolute atomic E-state index is 0.177. The molecule has 114 valence electrons. The van der Waals surface area contributed by atoms with Gasteiger partial charge < -0.3 is 4.74 Å². The summed E-state index contributed by atoms with van der Waals surface area (Å²) in [7, 11) is 0. The topological polar surface area (TPSA) is 38.7 Å². The first-order chi connectivity index (χ1) is 11.1. The molecule has 5 heteroatoms. The molecule has 0 spiro atoms. The maximum absolute atomic E-state index is 11.9. The summed E-state index contributed by atoms with van der Waals surface area (Å²) in [5.41, 5.74) is 1.78. The Morgan fingerprint density at radius 2 is 1.83 bits per heavy atom. The molecule has 0 aromatic heterocycles. The highest BCUT2D eigenvalue weighted by atomic mass is 35.5. The van der Waals surface area contributed by atoms with Crippen molar-refractivity contribution in [3.63, 3.8) is 0 Å². The Labute approximate surface area is 143 Å². The van der Waals surface area contributed by atoms with E-state index in [-0.39, 0.29) is 11.6 Å². The standard InChI is InChI=1S/C18H11Cl2NO2/c19-13-9-10-14(15(20)11-13)17-21-16(18(22)23-17)8-4-7-12-5-2-1-3-6-12/h1-11H. The third kappa shape index (κ3) is 3.70. The summed E-state index contributed by atoms with van der Waals surface area (Å²) in [6, 6.07) is 14.7. The summed E-state index contributed by atoms with van der Waals surface area (Å²) in [5, 5.41) is 0.885. The largest absolute Gasteiger partial charge is 0.402 e. The molecular formula is C18H11Cl2NO2. The van der Waals surface area contributed by atoms with Crippen LogP contribution in [0, 0.1) is 0 Å². The van der Waals surface area contributed by atoms with Gasteiger partial charge in [0.25, 0.3) is 0 Å². The Kier molecular flexibility index (Phi) is 4.60. The van der Waals surface area contributed by atoms with Crippen molar-refractivity contribution in [3.8, 4) is 0 Å². The Balaban J connectivity index is 1.84. The minimum atomic E-state index is -0.510. The maximum Gasteiger partial charge on any atom is 0.363 e. The lowest BCUT2D eigenvalue weighted by molar-refractivity contribution is -0.130. The predicted molar refractivity (Wildman–Crippen MR) is 92.6 cm³/mol. The van der Waals surface area contributed by atoms with Crippen molar-refractivity contribution in [1.29, 1.82) is 0 Å². The number of allylic oxidation sites excluding steroid dienone is 2. The average molecular weight is 344 g/mol. The summed E-state index contributed by atoms with van der Waals surface area (Å²) >= 11 is 12.0. The lowest BCUT2D eigenvalue weighted by Gasteiger charge is -2.02. The quantitative estimate of drug-likeness (QED) is 0.587. The molecule has 3 rings (SSSR count). The molecule has 0 fully saturated rings. The third-order valence-electron chi connectivity index (χ3n) is 3.12. The normalized spacial score (nSPS) is 16.0. The summed E-state index contributed by atoms with van der Waals surface area (Å²) in [6.45, 7) is 0. The van der Waals surface area contributed by atoms with Crippen molar-refractivity contribution in [1.82, 2.24) is 0 Å². The minimum Gasteiger partial charge on any atom is -0.402 e. The number of ether oxygens (including phenoxy) is 1. The number of nitrogens with zero attached hydrogens (tertiary/aromatic N) is 1. The first-order valence-corrected chi connectivity index (χ1v) is 7.59. The van der Waals surface area contributed by atoms with Crippen molar-refractivity contribution < 1.29 is 9.53 Å². The van der Waals surface area contributed by atoms with Crippen LogP contribution in [0.4, 0.5) is 0 Å². The first kappa shape index (κ1) is 15.5. The van der Waals surface area contributed by atoms with Gasteiger partial charge in [-0.3, -0.25) is 0 Å². The first-order valence-electron chi connectivity index (χ1n) is 6.83. The van der Waals surface area contributed by atoms with E-state index in [4.69, 9.17) is 27.9 Å². The Hall–Kier alpha value is -2.36. The second-order valence-corrected chi connectivity index (χ2v) is 5.60. The van der Waals surface area contributed by atoms with Crippen molar-refractivity contribution in [2.45, 2.75) is 0 Å². The maximum atomic E-state index is 11.9. The van der Waals surface area contributed by atoms with Gasteiger partial charge in [0.1, 0.15) is 0 Å². The molecule has 0 atom stereocenters. The fourth-order valence-electron chi connectivity index (χ4n) is 2.02. The number of halogens is 2. The van der Waals surface area contributed by atoms with E-state index in [0.29, 0.717) is 15.6 Å². The van der Waals surface area contributed by atoms with Crippen LogP contribution in [0.2, 0.25) is 10.0 Å². The molecular weight excluding hydrogens is 333 g/mol. The zero-order valence-corrected chi connectivity index (χ0v) is 13.4. The Morgan fingerprint density at radius 1 is 1.04 bits per heavy atom. The molecule has 3 nitrogen and oxygen atoms in total. The highest BCUT2D eigenvalue weighted by molar-refractivity contribution is 6.37. The number of cyclic esters (lactones) is 1. The van der Waals surface area contributed by atoms with Crippen LogP contribution in [0.5, 0.6) is 0 Å². The van der Waals surface area contributed by atoms with Crippen LogP contribution < -0.4 is 0 Å². The van der Waals surface area contributed by atoms with Crippen LogP contribution in [-0.4, -0.2) is 11.9 Å². The lowest BCUT2D eigenvalue weighted by atomic mass is 10.2. The molecule has 1 aliphatic rings. The number of carbonyl (C=O) groups excluding carboxylic acids is 1. The van der Waals surface area contributed by atoms with Gasteiger partial charge in [0.2, 0.25) is 5.90 Å². The smallest absolute Gasteiger partial charge is 0.363 e. The molecule has 2 aromatic rings. The lowest BCUT2D eigenvalue weighted by Crippen LogP contribution is -2.05. The predicted octanol–water partition coefficient (Wildman–Crippen LogP) is 4.89. The van der Waals surface area contributed by atoms with Gasteiger partial charge in [-0.25, -0.2) is 9.79 Å². The molecule has 1 aliphatic heterocycles. The van der Waals surface area contributed by atoms with Crippen molar-refractivity contribution in [2.24, 2.45) is 4.99 Å². The van der Waals surface area contributed by atoms with Gasteiger partial charge in [0.15, 0.2) is 5.70 Å². The van der Waals surface area contributed by atoms with E-state index >= 15 is 0 Å². The fraction of sp³-hybridized carbons (Fsp3) is 0. The molecule has 0 unspecified atom stereocenters. The molecule has 0 aliphatic carbocycles. The molecule has 1 heterocycles. The van der Waals surface area contributed by atoms with Gasteiger partial charge in [-0.2, -0.15) is 0 Å². The van der Waals surface area contributed by atoms with Gasteiger partial charge in [-0.1, -0.05) is 65.7 Å². The van der Waals surface area contributed by atoms with E-state index in [0.717, 1.165) is 5.56 Å². The Bertz CT molecular complexity index is 839. The SMILES string of the molecule is O=C1OC(c2ccc(Cl)cc2Cl)=NC1=CC=Cc1ccccc1. The molecule has 0 N–H and O–H groups in total. The van der Waals surface area contributed by atoms with Crippen LogP contribution in [0.25, 0.3) is 6.08 Å². The van der Waals surface area contributed by atoms with E-state index in [2.05, 4.69) is 4.99 Å². The van der Waals surface area contributed by atoms with E-state index in [1.165, 1.54) is 0 Å². The highest BCUT2D eigenvalue weighted by Crippen LogP contribution is 2.25. The molecule has 23 heavy (non-hydrogen) atoms. The van der Waals surface area contributed by atoms with Gasteiger partial charge in [0.05, 0.1) is 10.6 Å². The van der Waals surface area contributed by atoms with Gasteiger partial charge in [-0.15, -0.1) is 0 Å². The fourth-order valence-corrected chi connectivity index (χ4v) is 2.51.